The Morgan fingerprint density at radius 1 is 0.938 bits per heavy atom. The van der Waals surface area contributed by atoms with E-state index in [4.69, 9.17) is 20.0 Å². The maximum atomic E-state index is 8.68. The Hall–Kier alpha value is -2.20. The fourth-order valence-corrected chi connectivity index (χ4v) is 1.47. The second-order valence-corrected chi connectivity index (χ2v) is 3.15. The first-order valence-corrected chi connectivity index (χ1v) is 4.74. The number of ether oxygens (including phenoxy) is 2. The third-order valence-electron chi connectivity index (χ3n) is 2.22. The maximum Gasteiger partial charge on any atom is 0.123 e. The topological polar surface area (TPSA) is 66.0 Å². The molecule has 0 saturated carbocycles. The van der Waals surface area contributed by atoms with E-state index in [1.165, 1.54) is 0 Å². The zero-order valence-corrected chi connectivity index (χ0v) is 9.28. The first-order chi connectivity index (χ1) is 7.76. The van der Waals surface area contributed by atoms with Crippen LogP contribution in [0, 0.1) is 22.7 Å². The molecular formula is C12H12N2O2. The summed E-state index contributed by atoms with van der Waals surface area (Å²) in [5.74, 6) is 1.24. The number of methoxy groups -OCH3 is 2. The van der Waals surface area contributed by atoms with Crippen LogP contribution in [-0.2, 0) is 12.8 Å². The van der Waals surface area contributed by atoms with Crippen LogP contribution in [0.1, 0.15) is 11.1 Å². The Kier molecular flexibility index (Phi) is 4.17. The number of hydrogen-bond donors (Lipinski definition) is 0. The van der Waals surface area contributed by atoms with Gasteiger partial charge in [0.15, 0.2) is 0 Å². The number of rotatable bonds is 4. The largest absolute Gasteiger partial charge is 0.496 e. The van der Waals surface area contributed by atoms with E-state index < -0.39 is 0 Å². The Balaban J connectivity index is 3.24. The van der Waals surface area contributed by atoms with Crippen LogP contribution in [0.5, 0.6) is 11.5 Å². The smallest absolute Gasteiger partial charge is 0.123 e. The first kappa shape index (κ1) is 11.9. The third-order valence-corrected chi connectivity index (χ3v) is 2.22. The van der Waals surface area contributed by atoms with Gasteiger partial charge in [0, 0.05) is 11.1 Å². The van der Waals surface area contributed by atoms with Crippen molar-refractivity contribution in [1.82, 2.24) is 0 Å². The molecule has 0 saturated heterocycles. The maximum absolute atomic E-state index is 8.68. The fourth-order valence-electron chi connectivity index (χ4n) is 1.47. The predicted octanol–water partition coefficient (Wildman–Crippen LogP) is 1.84. The average Bonchev–Trinajstić information content (AvgIpc) is 2.31. The molecular weight excluding hydrogens is 204 g/mol. The minimum atomic E-state index is 0.256. The Morgan fingerprint density at radius 2 is 1.31 bits per heavy atom. The van der Waals surface area contributed by atoms with Gasteiger partial charge in [-0.3, -0.25) is 0 Å². The molecule has 0 radical (unpaired) electrons. The van der Waals surface area contributed by atoms with Crippen LogP contribution in [0.15, 0.2) is 12.1 Å². The van der Waals surface area contributed by atoms with Gasteiger partial charge in [-0.1, -0.05) is 0 Å². The Labute approximate surface area is 94.6 Å². The summed E-state index contributed by atoms with van der Waals surface area (Å²) in [7, 11) is 3.08. The van der Waals surface area contributed by atoms with Gasteiger partial charge in [0.05, 0.1) is 39.2 Å². The number of benzene rings is 1. The normalized spacial score (nSPS) is 9.00. The van der Waals surface area contributed by atoms with Crippen LogP contribution in [0.2, 0.25) is 0 Å². The molecule has 0 bridgehead atoms. The van der Waals surface area contributed by atoms with Gasteiger partial charge in [-0.05, 0) is 12.1 Å². The van der Waals surface area contributed by atoms with Crippen molar-refractivity contribution >= 4 is 0 Å². The number of hydrogen-bond acceptors (Lipinski definition) is 4. The molecule has 0 heterocycles. The van der Waals surface area contributed by atoms with Crippen LogP contribution in [0.4, 0.5) is 0 Å². The molecule has 0 fully saturated rings. The summed E-state index contributed by atoms with van der Waals surface area (Å²) in [6.07, 6.45) is 0.513. The van der Waals surface area contributed by atoms with Crippen molar-refractivity contribution in [3.8, 4) is 23.6 Å². The molecule has 0 aliphatic rings. The minimum Gasteiger partial charge on any atom is -0.496 e. The molecule has 4 heteroatoms. The lowest BCUT2D eigenvalue weighted by molar-refractivity contribution is 0.396. The van der Waals surface area contributed by atoms with Crippen LogP contribution < -0.4 is 9.47 Å². The molecule has 1 aromatic carbocycles. The summed E-state index contributed by atoms with van der Waals surface area (Å²) in [6.45, 7) is 0. The summed E-state index contributed by atoms with van der Waals surface area (Å²) in [6, 6.07) is 7.61. The van der Waals surface area contributed by atoms with Gasteiger partial charge in [0.1, 0.15) is 11.5 Å². The highest BCUT2D eigenvalue weighted by atomic mass is 16.5. The summed E-state index contributed by atoms with van der Waals surface area (Å²) in [5.41, 5.74) is 1.53. The minimum absolute atomic E-state index is 0.256. The van der Waals surface area contributed by atoms with E-state index >= 15 is 0 Å². The highest BCUT2D eigenvalue weighted by Gasteiger charge is 2.10. The summed E-state index contributed by atoms with van der Waals surface area (Å²) < 4.78 is 10.3. The molecule has 0 amide bonds. The monoisotopic (exact) mass is 216 g/mol. The Bertz CT molecular complexity index is 412. The van der Waals surface area contributed by atoms with E-state index in [-0.39, 0.29) is 12.8 Å². The van der Waals surface area contributed by atoms with Gasteiger partial charge in [-0.25, -0.2) is 0 Å². The second-order valence-electron chi connectivity index (χ2n) is 3.15. The molecule has 1 rings (SSSR count). The number of nitrogens with zero attached hydrogens (tertiary/aromatic N) is 2. The molecule has 0 unspecified atom stereocenters. The van der Waals surface area contributed by atoms with Crippen molar-refractivity contribution in [2.75, 3.05) is 14.2 Å². The van der Waals surface area contributed by atoms with Crippen molar-refractivity contribution in [2.24, 2.45) is 0 Å². The fraction of sp³-hybridized carbons (Fsp3) is 0.333. The SMILES string of the molecule is COc1cc(CC#N)c(OC)cc1CC#N. The number of nitriles is 2. The van der Waals surface area contributed by atoms with E-state index in [1.54, 1.807) is 26.4 Å². The second kappa shape index (κ2) is 5.63. The van der Waals surface area contributed by atoms with Crippen molar-refractivity contribution in [3.63, 3.8) is 0 Å². The highest BCUT2D eigenvalue weighted by Crippen LogP contribution is 2.29. The van der Waals surface area contributed by atoms with Gasteiger partial charge in [-0.15, -0.1) is 0 Å². The molecule has 0 aromatic heterocycles. The van der Waals surface area contributed by atoms with E-state index in [0.29, 0.717) is 11.5 Å². The summed E-state index contributed by atoms with van der Waals surface area (Å²) in [5, 5.41) is 17.4. The van der Waals surface area contributed by atoms with Crippen molar-refractivity contribution in [2.45, 2.75) is 12.8 Å². The zero-order chi connectivity index (χ0) is 12.0. The van der Waals surface area contributed by atoms with Crippen molar-refractivity contribution in [3.05, 3.63) is 23.3 Å². The molecule has 1 aromatic rings. The lowest BCUT2D eigenvalue weighted by atomic mass is 10.0. The predicted molar refractivity (Wildman–Crippen MR) is 58.2 cm³/mol. The van der Waals surface area contributed by atoms with Gasteiger partial charge in [0.2, 0.25) is 0 Å². The van der Waals surface area contributed by atoms with Crippen molar-refractivity contribution < 1.29 is 9.47 Å². The molecule has 0 spiro atoms. The van der Waals surface area contributed by atoms with Gasteiger partial charge in [0.25, 0.3) is 0 Å². The molecule has 16 heavy (non-hydrogen) atoms. The third kappa shape index (κ3) is 2.43. The summed E-state index contributed by atoms with van der Waals surface area (Å²) in [4.78, 5) is 0. The molecule has 4 nitrogen and oxygen atoms in total. The van der Waals surface area contributed by atoms with E-state index in [0.717, 1.165) is 11.1 Å². The van der Waals surface area contributed by atoms with Crippen LogP contribution in [0.25, 0.3) is 0 Å². The standard InChI is InChI=1S/C12H12N2O2/c1-15-11-7-10(4-6-14)12(16-2)8-9(11)3-5-13/h7-8H,3-4H2,1-2H3. The molecule has 82 valence electrons. The lowest BCUT2D eigenvalue weighted by Gasteiger charge is -2.11. The van der Waals surface area contributed by atoms with Gasteiger partial charge >= 0.3 is 0 Å². The van der Waals surface area contributed by atoms with Gasteiger partial charge < -0.3 is 9.47 Å². The van der Waals surface area contributed by atoms with E-state index in [9.17, 15) is 0 Å². The molecule has 0 aliphatic carbocycles. The van der Waals surface area contributed by atoms with Crippen LogP contribution in [-0.4, -0.2) is 14.2 Å². The van der Waals surface area contributed by atoms with Gasteiger partial charge in [-0.2, -0.15) is 10.5 Å². The summed E-state index contributed by atoms with van der Waals surface area (Å²) >= 11 is 0. The van der Waals surface area contributed by atoms with E-state index in [1.807, 2.05) is 0 Å². The van der Waals surface area contributed by atoms with Crippen molar-refractivity contribution in [1.29, 1.82) is 10.5 Å². The lowest BCUT2D eigenvalue weighted by Crippen LogP contribution is -1.97. The zero-order valence-electron chi connectivity index (χ0n) is 9.28. The molecule has 0 aliphatic heterocycles. The first-order valence-electron chi connectivity index (χ1n) is 4.74. The Morgan fingerprint density at radius 3 is 1.56 bits per heavy atom. The quantitative estimate of drug-likeness (QED) is 0.770. The van der Waals surface area contributed by atoms with E-state index in [2.05, 4.69) is 12.1 Å². The van der Waals surface area contributed by atoms with Crippen LogP contribution >= 0.6 is 0 Å². The molecule has 0 N–H and O–H groups in total. The average molecular weight is 216 g/mol. The van der Waals surface area contributed by atoms with Crippen LogP contribution in [0.3, 0.4) is 0 Å². The highest BCUT2D eigenvalue weighted by molar-refractivity contribution is 5.48. The molecule has 0 atom stereocenters.